The molecule has 0 bridgehead atoms. The fraction of sp³-hybridized carbons (Fsp3) is 0.625. The first-order valence-electron chi connectivity index (χ1n) is 7.17. The zero-order valence-corrected chi connectivity index (χ0v) is 12.5. The van der Waals surface area contributed by atoms with E-state index in [1.54, 1.807) is 14.2 Å². The van der Waals surface area contributed by atoms with Crippen LogP contribution < -0.4 is 14.8 Å². The minimum Gasteiger partial charge on any atom is -0.496 e. The number of methoxy groups -OCH3 is 2. The molecule has 1 aromatic carbocycles. The molecule has 3 nitrogen and oxygen atoms in total. The summed E-state index contributed by atoms with van der Waals surface area (Å²) in [6.45, 7) is 5.56. The van der Waals surface area contributed by atoms with E-state index in [1.165, 1.54) is 17.5 Å². The highest BCUT2D eigenvalue weighted by Gasteiger charge is 2.21. The van der Waals surface area contributed by atoms with Crippen molar-refractivity contribution >= 4 is 0 Å². The van der Waals surface area contributed by atoms with Crippen LogP contribution in [0.1, 0.15) is 43.7 Å². The van der Waals surface area contributed by atoms with Crippen molar-refractivity contribution in [3.8, 4) is 11.5 Å². The molecule has 2 atom stereocenters. The molecule has 1 aliphatic rings. The van der Waals surface area contributed by atoms with E-state index < -0.39 is 0 Å². The normalized spacial score (nSPS) is 19.7. The van der Waals surface area contributed by atoms with Gasteiger partial charge in [-0.1, -0.05) is 13.8 Å². The van der Waals surface area contributed by atoms with Gasteiger partial charge < -0.3 is 14.8 Å². The summed E-state index contributed by atoms with van der Waals surface area (Å²) in [6.07, 6.45) is 3.36. The van der Waals surface area contributed by atoms with E-state index >= 15 is 0 Å². The Hall–Kier alpha value is -1.22. The molecule has 1 saturated heterocycles. The predicted octanol–water partition coefficient (Wildman–Crippen LogP) is 3.12. The van der Waals surface area contributed by atoms with Crippen LogP contribution in [-0.4, -0.2) is 26.8 Å². The Morgan fingerprint density at radius 3 is 2.42 bits per heavy atom. The van der Waals surface area contributed by atoms with Crippen LogP contribution in [0.5, 0.6) is 11.5 Å². The van der Waals surface area contributed by atoms with Crippen molar-refractivity contribution in [3.63, 3.8) is 0 Å². The third-order valence-electron chi connectivity index (χ3n) is 4.17. The smallest absolute Gasteiger partial charge is 0.122 e. The van der Waals surface area contributed by atoms with Gasteiger partial charge in [-0.15, -0.1) is 0 Å². The summed E-state index contributed by atoms with van der Waals surface area (Å²) < 4.78 is 11.1. The topological polar surface area (TPSA) is 30.5 Å². The summed E-state index contributed by atoms with van der Waals surface area (Å²) >= 11 is 0. The highest BCUT2D eigenvalue weighted by molar-refractivity contribution is 5.48. The Kier molecular flexibility index (Phi) is 4.70. The molecule has 0 aromatic heterocycles. The van der Waals surface area contributed by atoms with Crippen LogP contribution in [0.25, 0.3) is 0 Å². The average Bonchev–Trinajstić information content (AvgIpc) is 2.41. The molecule has 0 aliphatic carbocycles. The first-order valence-corrected chi connectivity index (χ1v) is 7.17. The van der Waals surface area contributed by atoms with Crippen LogP contribution in [0.4, 0.5) is 0 Å². The van der Waals surface area contributed by atoms with Crippen molar-refractivity contribution in [2.45, 2.75) is 45.1 Å². The number of benzene rings is 1. The van der Waals surface area contributed by atoms with Crippen LogP contribution >= 0.6 is 0 Å². The molecule has 0 spiro atoms. The summed E-state index contributed by atoms with van der Waals surface area (Å²) in [4.78, 5) is 0. The third kappa shape index (κ3) is 3.03. The molecule has 1 heterocycles. The molecule has 0 amide bonds. The van der Waals surface area contributed by atoms with Crippen LogP contribution in [0.3, 0.4) is 0 Å². The summed E-state index contributed by atoms with van der Waals surface area (Å²) in [6, 6.07) is 4.90. The summed E-state index contributed by atoms with van der Waals surface area (Å²) in [7, 11) is 3.50. The molecule has 1 aromatic rings. The predicted molar refractivity (Wildman–Crippen MR) is 78.4 cm³/mol. The van der Waals surface area contributed by atoms with Gasteiger partial charge in [-0.2, -0.15) is 0 Å². The average molecular weight is 263 g/mol. The van der Waals surface area contributed by atoms with Gasteiger partial charge in [0.2, 0.25) is 0 Å². The first kappa shape index (κ1) is 14.2. The van der Waals surface area contributed by atoms with Crippen LogP contribution in [0, 0.1) is 0 Å². The molecule has 2 rings (SSSR count). The van der Waals surface area contributed by atoms with Gasteiger partial charge in [0.15, 0.2) is 0 Å². The highest BCUT2D eigenvalue weighted by Crippen LogP contribution is 2.35. The van der Waals surface area contributed by atoms with Crippen molar-refractivity contribution in [2.75, 3.05) is 20.8 Å². The third-order valence-corrected chi connectivity index (χ3v) is 4.17. The van der Waals surface area contributed by atoms with Gasteiger partial charge >= 0.3 is 0 Å². The van der Waals surface area contributed by atoms with E-state index in [0.717, 1.165) is 30.9 Å². The summed E-state index contributed by atoms with van der Waals surface area (Å²) in [5.74, 6) is 2.47. The second-order valence-corrected chi connectivity index (χ2v) is 5.36. The van der Waals surface area contributed by atoms with Gasteiger partial charge in [-0.3, -0.25) is 0 Å². The van der Waals surface area contributed by atoms with E-state index in [1.807, 2.05) is 0 Å². The number of ether oxygens (including phenoxy) is 2. The first-order chi connectivity index (χ1) is 9.19. The van der Waals surface area contributed by atoms with Gasteiger partial charge in [-0.25, -0.2) is 0 Å². The van der Waals surface area contributed by atoms with Crippen molar-refractivity contribution in [3.05, 3.63) is 23.3 Å². The lowest BCUT2D eigenvalue weighted by Crippen LogP contribution is -2.44. The van der Waals surface area contributed by atoms with Gasteiger partial charge in [0.05, 0.1) is 14.2 Å². The van der Waals surface area contributed by atoms with E-state index in [9.17, 15) is 0 Å². The van der Waals surface area contributed by atoms with E-state index in [2.05, 4.69) is 31.3 Å². The lowest BCUT2D eigenvalue weighted by atomic mass is 9.92. The standard InChI is InChI=1S/C16H25NO2/c1-5-11(2)14-10-15(18-3)12(9-16(14)19-4)8-13-6-7-17-13/h9-11,13,17H,5-8H2,1-4H3. The fourth-order valence-electron chi connectivity index (χ4n) is 2.54. The molecular weight excluding hydrogens is 238 g/mol. The Morgan fingerprint density at radius 2 is 1.95 bits per heavy atom. The minimum absolute atomic E-state index is 0.486. The van der Waals surface area contributed by atoms with E-state index in [0.29, 0.717) is 12.0 Å². The molecule has 19 heavy (non-hydrogen) atoms. The summed E-state index contributed by atoms with van der Waals surface area (Å²) in [5, 5.41) is 3.43. The molecule has 3 heteroatoms. The number of hydrogen-bond donors (Lipinski definition) is 1. The number of hydrogen-bond acceptors (Lipinski definition) is 3. The second-order valence-electron chi connectivity index (χ2n) is 5.36. The number of nitrogens with one attached hydrogen (secondary N) is 1. The monoisotopic (exact) mass is 263 g/mol. The van der Waals surface area contributed by atoms with Crippen molar-refractivity contribution in [1.82, 2.24) is 5.32 Å². The molecule has 106 valence electrons. The van der Waals surface area contributed by atoms with Crippen molar-refractivity contribution in [2.24, 2.45) is 0 Å². The van der Waals surface area contributed by atoms with Crippen LogP contribution in [0.15, 0.2) is 12.1 Å². The Labute approximate surface area is 116 Å². The van der Waals surface area contributed by atoms with Crippen molar-refractivity contribution in [1.29, 1.82) is 0 Å². The van der Waals surface area contributed by atoms with Crippen molar-refractivity contribution < 1.29 is 9.47 Å². The molecule has 1 fully saturated rings. The fourth-order valence-corrected chi connectivity index (χ4v) is 2.54. The Balaban J connectivity index is 2.31. The van der Waals surface area contributed by atoms with Crippen LogP contribution in [0.2, 0.25) is 0 Å². The van der Waals surface area contributed by atoms with Gasteiger partial charge in [-0.05, 0) is 49.4 Å². The molecule has 1 N–H and O–H groups in total. The number of rotatable bonds is 6. The Bertz CT molecular complexity index is 427. The van der Waals surface area contributed by atoms with Gasteiger partial charge in [0.25, 0.3) is 0 Å². The SMILES string of the molecule is CCC(C)c1cc(OC)c(CC2CCN2)cc1OC. The van der Waals surface area contributed by atoms with Crippen LogP contribution in [-0.2, 0) is 6.42 Å². The quantitative estimate of drug-likeness (QED) is 0.855. The maximum atomic E-state index is 5.57. The zero-order chi connectivity index (χ0) is 13.8. The molecule has 2 unspecified atom stereocenters. The Morgan fingerprint density at radius 1 is 1.26 bits per heavy atom. The maximum absolute atomic E-state index is 5.57. The maximum Gasteiger partial charge on any atom is 0.122 e. The zero-order valence-electron chi connectivity index (χ0n) is 12.5. The molecular formula is C16H25NO2. The van der Waals surface area contributed by atoms with E-state index in [-0.39, 0.29) is 0 Å². The molecule has 1 aliphatic heterocycles. The van der Waals surface area contributed by atoms with Gasteiger partial charge in [0, 0.05) is 11.6 Å². The van der Waals surface area contributed by atoms with E-state index in [4.69, 9.17) is 9.47 Å². The minimum atomic E-state index is 0.486. The highest BCUT2D eigenvalue weighted by atomic mass is 16.5. The lowest BCUT2D eigenvalue weighted by Gasteiger charge is -2.28. The van der Waals surface area contributed by atoms with Gasteiger partial charge in [0.1, 0.15) is 11.5 Å². The second kappa shape index (κ2) is 6.29. The largest absolute Gasteiger partial charge is 0.496 e. The lowest BCUT2D eigenvalue weighted by molar-refractivity contribution is 0.355. The molecule has 0 radical (unpaired) electrons. The molecule has 0 saturated carbocycles. The summed E-state index contributed by atoms with van der Waals surface area (Å²) in [5.41, 5.74) is 2.48.